The lowest BCUT2D eigenvalue weighted by Crippen LogP contribution is -2.25. The molecule has 0 aliphatic heterocycles. The van der Waals surface area contributed by atoms with Gasteiger partial charge in [0, 0.05) is 27.3 Å². The van der Waals surface area contributed by atoms with Crippen molar-refractivity contribution in [2.45, 2.75) is 5.41 Å². The monoisotopic (exact) mass is 710 g/mol. The first-order valence-electron chi connectivity index (χ1n) is 19.2. The Bertz CT molecular complexity index is 3430. The molecule has 2 aliphatic rings. The topological polar surface area (TPSA) is 38.9 Å². The van der Waals surface area contributed by atoms with Gasteiger partial charge in [-0.3, -0.25) is 0 Å². The molecule has 3 heteroatoms. The van der Waals surface area contributed by atoms with Gasteiger partial charge in [-0.2, -0.15) is 0 Å². The van der Waals surface area contributed by atoms with E-state index in [0.29, 0.717) is 5.82 Å². The lowest BCUT2D eigenvalue weighted by atomic mass is 9.70. The van der Waals surface area contributed by atoms with Gasteiger partial charge in [0.1, 0.15) is 11.2 Å². The number of hydrogen-bond donors (Lipinski definition) is 0. The second kappa shape index (κ2) is 10.9. The molecule has 0 unspecified atom stereocenters. The van der Waals surface area contributed by atoms with Crippen molar-refractivity contribution in [2.75, 3.05) is 0 Å². The van der Waals surface area contributed by atoms with Crippen LogP contribution in [0, 0.1) is 0 Å². The second-order valence-electron chi connectivity index (χ2n) is 15.2. The summed E-state index contributed by atoms with van der Waals surface area (Å²) in [4.78, 5) is 11.1. The molecule has 0 amide bonds. The van der Waals surface area contributed by atoms with Crippen molar-refractivity contribution in [2.24, 2.45) is 0 Å². The molecule has 0 saturated heterocycles. The van der Waals surface area contributed by atoms with Crippen LogP contribution in [-0.4, -0.2) is 9.97 Å². The summed E-state index contributed by atoms with van der Waals surface area (Å²) in [7, 11) is 0. The molecule has 9 aromatic carbocycles. The Morgan fingerprint density at radius 2 is 0.964 bits per heavy atom. The fourth-order valence-electron chi connectivity index (χ4n) is 10.2. The summed E-state index contributed by atoms with van der Waals surface area (Å²) in [6.07, 6.45) is 0. The highest BCUT2D eigenvalue weighted by molar-refractivity contribution is 6.24. The molecule has 0 atom stereocenters. The number of aromatic nitrogens is 2. The van der Waals surface area contributed by atoms with Gasteiger partial charge in [-0.05, 0) is 84.9 Å². The molecule has 0 bridgehead atoms. The van der Waals surface area contributed by atoms with Crippen molar-refractivity contribution >= 4 is 54.4 Å². The molecule has 2 aromatic heterocycles. The second-order valence-corrected chi connectivity index (χ2v) is 15.2. The molecule has 1 spiro atoms. The summed E-state index contributed by atoms with van der Waals surface area (Å²) in [6.45, 7) is 0. The standard InChI is InChI=1S/C53H30N2O/c1-3-15-34-31(12-1)14-11-20-40(34)49-42-28-29-47-48(41-27-24-32-13-2-4-16-35(32)51(41)56-47)50(42)55-52(54-49)33-25-26-39-38-19-7-10-23-45(38)53(46(39)30-33)43-21-8-5-17-36(43)37-18-6-9-22-44(37)53/h1-30H. The number of furan rings is 1. The Morgan fingerprint density at radius 3 is 1.70 bits per heavy atom. The number of nitrogens with zero attached hydrogens (tertiary/aromatic N) is 2. The Balaban J connectivity index is 1.14. The zero-order chi connectivity index (χ0) is 36.5. The van der Waals surface area contributed by atoms with Crippen LogP contribution in [0.15, 0.2) is 186 Å². The van der Waals surface area contributed by atoms with Crippen LogP contribution in [0.2, 0.25) is 0 Å². The first-order valence-corrected chi connectivity index (χ1v) is 19.2. The van der Waals surface area contributed by atoms with E-state index in [1.807, 2.05) is 0 Å². The van der Waals surface area contributed by atoms with E-state index in [4.69, 9.17) is 14.4 Å². The molecule has 0 saturated carbocycles. The minimum absolute atomic E-state index is 0.459. The molecular formula is C53H30N2O. The minimum atomic E-state index is -0.459. The third-order valence-corrected chi connectivity index (χ3v) is 12.5. The van der Waals surface area contributed by atoms with Crippen LogP contribution in [0.25, 0.3) is 99.3 Å². The predicted molar refractivity (Wildman–Crippen MR) is 229 cm³/mol. The van der Waals surface area contributed by atoms with Gasteiger partial charge in [0.15, 0.2) is 5.82 Å². The third kappa shape index (κ3) is 3.76. The SMILES string of the molecule is c1ccc2c(c1)-c1ccccc1C21c2ccccc2-c2ccc(-c3nc(-c4cccc5ccccc45)c4ccc5oc6c7ccccc7ccc6c5c4n3)cc21. The Labute approximate surface area is 322 Å². The van der Waals surface area contributed by atoms with Crippen LogP contribution in [0.5, 0.6) is 0 Å². The van der Waals surface area contributed by atoms with Crippen molar-refractivity contribution in [3.8, 4) is 44.9 Å². The van der Waals surface area contributed by atoms with E-state index in [0.717, 1.165) is 65.8 Å². The zero-order valence-electron chi connectivity index (χ0n) is 30.1. The molecule has 2 heterocycles. The molecule has 56 heavy (non-hydrogen) atoms. The fourth-order valence-corrected chi connectivity index (χ4v) is 10.2. The number of benzene rings is 9. The molecule has 258 valence electrons. The van der Waals surface area contributed by atoms with Gasteiger partial charge in [-0.15, -0.1) is 0 Å². The molecule has 0 fully saturated rings. The maximum Gasteiger partial charge on any atom is 0.160 e. The normalized spacial score (nSPS) is 13.5. The van der Waals surface area contributed by atoms with E-state index in [9.17, 15) is 0 Å². The number of hydrogen-bond acceptors (Lipinski definition) is 3. The van der Waals surface area contributed by atoms with E-state index < -0.39 is 5.41 Å². The van der Waals surface area contributed by atoms with Gasteiger partial charge >= 0.3 is 0 Å². The number of rotatable bonds is 2. The van der Waals surface area contributed by atoms with Crippen molar-refractivity contribution < 1.29 is 4.42 Å². The Morgan fingerprint density at radius 1 is 0.393 bits per heavy atom. The summed E-state index contributed by atoms with van der Waals surface area (Å²) in [6, 6.07) is 65.8. The maximum atomic E-state index is 6.70. The fraction of sp³-hybridized carbons (Fsp3) is 0.0189. The maximum absolute atomic E-state index is 6.70. The lowest BCUT2D eigenvalue weighted by Gasteiger charge is -2.30. The minimum Gasteiger partial charge on any atom is -0.455 e. The van der Waals surface area contributed by atoms with E-state index >= 15 is 0 Å². The van der Waals surface area contributed by atoms with Crippen LogP contribution < -0.4 is 0 Å². The van der Waals surface area contributed by atoms with Gasteiger partial charge in [-0.1, -0.05) is 158 Å². The van der Waals surface area contributed by atoms with Gasteiger partial charge in [0.05, 0.1) is 22.0 Å². The summed E-state index contributed by atoms with van der Waals surface area (Å²) < 4.78 is 6.70. The average molecular weight is 711 g/mol. The van der Waals surface area contributed by atoms with Crippen LogP contribution in [0.1, 0.15) is 22.3 Å². The van der Waals surface area contributed by atoms with Crippen LogP contribution >= 0.6 is 0 Å². The molecule has 0 radical (unpaired) electrons. The molecule has 13 rings (SSSR count). The predicted octanol–water partition coefficient (Wildman–Crippen LogP) is 13.5. The van der Waals surface area contributed by atoms with Crippen LogP contribution in [-0.2, 0) is 5.41 Å². The van der Waals surface area contributed by atoms with Gasteiger partial charge in [-0.25, -0.2) is 9.97 Å². The van der Waals surface area contributed by atoms with Crippen molar-refractivity contribution in [1.29, 1.82) is 0 Å². The smallest absolute Gasteiger partial charge is 0.160 e. The lowest BCUT2D eigenvalue weighted by molar-refractivity contribution is 0.673. The van der Waals surface area contributed by atoms with E-state index in [2.05, 4.69) is 182 Å². The van der Waals surface area contributed by atoms with Gasteiger partial charge in [0.25, 0.3) is 0 Å². The quantitative estimate of drug-likeness (QED) is 0.179. The van der Waals surface area contributed by atoms with Crippen molar-refractivity contribution in [1.82, 2.24) is 9.97 Å². The highest BCUT2D eigenvalue weighted by Crippen LogP contribution is 2.63. The van der Waals surface area contributed by atoms with E-state index in [1.54, 1.807) is 0 Å². The largest absolute Gasteiger partial charge is 0.455 e. The molecule has 11 aromatic rings. The zero-order valence-corrected chi connectivity index (χ0v) is 30.1. The summed E-state index contributed by atoms with van der Waals surface area (Å²) in [5.74, 6) is 0.691. The van der Waals surface area contributed by atoms with Crippen molar-refractivity contribution in [3.63, 3.8) is 0 Å². The highest BCUT2D eigenvalue weighted by atomic mass is 16.3. The number of fused-ring (bicyclic) bond motifs is 18. The summed E-state index contributed by atoms with van der Waals surface area (Å²) in [5.41, 5.74) is 15.4. The van der Waals surface area contributed by atoms with Crippen LogP contribution in [0.4, 0.5) is 0 Å². The van der Waals surface area contributed by atoms with E-state index in [1.165, 1.54) is 49.9 Å². The molecule has 3 nitrogen and oxygen atoms in total. The summed E-state index contributed by atoms with van der Waals surface area (Å²) in [5, 5.41) is 7.65. The van der Waals surface area contributed by atoms with Gasteiger partial charge in [0.2, 0.25) is 0 Å². The Hall–Kier alpha value is -7.36. The third-order valence-electron chi connectivity index (χ3n) is 12.5. The molecular weight excluding hydrogens is 681 g/mol. The van der Waals surface area contributed by atoms with Gasteiger partial charge < -0.3 is 4.42 Å². The highest BCUT2D eigenvalue weighted by Gasteiger charge is 2.51. The first-order chi connectivity index (χ1) is 27.8. The summed E-state index contributed by atoms with van der Waals surface area (Å²) >= 11 is 0. The van der Waals surface area contributed by atoms with E-state index in [-0.39, 0.29) is 0 Å². The molecule has 0 N–H and O–H groups in total. The molecule has 2 aliphatic carbocycles. The van der Waals surface area contributed by atoms with Crippen molar-refractivity contribution in [3.05, 3.63) is 204 Å². The van der Waals surface area contributed by atoms with Crippen LogP contribution in [0.3, 0.4) is 0 Å². The Kier molecular flexibility index (Phi) is 5.83. The average Bonchev–Trinajstić information content (AvgIpc) is 3.90. The first kappa shape index (κ1) is 30.0.